The molecule has 2 aromatic carbocycles. The topological polar surface area (TPSA) is 42.0 Å². The van der Waals surface area contributed by atoms with Gasteiger partial charge in [-0.3, -0.25) is 4.79 Å². The smallest absolute Gasteiger partial charge is 0.416 e. The summed E-state index contributed by atoms with van der Waals surface area (Å²) < 4.78 is 50.1. The Bertz CT molecular complexity index is 923. The van der Waals surface area contributed by atoms with Crippen LogP contribution in [0.2, 0.25) is 0 Å². The summed E-state index contributed by atoms with van der Waals surface area (Å²) in [5.41, 5.74) is 1.20. The Hall–Kier alpha value is -2.74. The van der Waals surface area contributed by atoms with Crippen LogP contribution in [0.3, 0.4) is 0 Å². The van der Waals surface area contributed by atoms with Gasteiger partial charge in [-0.25, -0.2) is 0 Å². The summed E-state index contributed by atoms with van der Waals surface area (Å²) in [6.45, 7) is 6.89. The van der Waals surface area contributed by atoms with Crippen LogP contribution in [0.15, 0.2) is 42.5 Å². The lowest BCUT2D eigenvalue weighted by Gasteiger charge is -2.36. The second kappa shape index (κ2) is 10.3. The fraction of sp³-hybridized carbons (Fsp3) is 0.458. The Balaban J connectivity index is 1.65. The third kappa shape index (κ3) is 5.94. The highest BCUT2D eigenvalue weighted by Gasteiger charge is 2.31. The molecule has 1 amide bonds. The number of piperazine rings is 1. The van der Waals surface area contributed by atoms with Gasteiger partial charge in [0, 0.05) is 49.6 Å². The van der Waals surface area contributed by atoms with Gasteiger partial charge in [0.1, 0.15) is 5.75 Å². The normalized spacial score (nSPS) is 14.7. The maximum absolute atomic E-state index is 13.0. The lowest BCUT2D eigenvalue weighted by molar-refractivity contribution is -0.137. The van der Waals surface area contributed by atoms with Crippen molar-refractivity contribution in [3.63, 3.8) is 0 Å². The lowest BCUT2D eigenvalue weighted by Crippen LogP contribution is -2.48. The van der Waals surface area contributed by atoms with Crippen LogP contribution in [0.5, 0.6) is 5.75 Å². The number of methoxy groups -OCH3 is 1. The Morgan fingerprint density at radius 1 is 1.06 bits per heavy atom. The minimum absolute atomic E-state index is 0.110. The number of hydrogen-bond acceptors (Lipinski definition) is 4. The molecule has 0 atom stereocenters. The quantitative estimate of drug-likeness (QED) is 0.605. The van der Waals surface area contributed by atoms with Crippen LogP contribution in [0.4, 0.5) is 18.9 Å². The Labute approximate surface area is 186 Å². The van der Waals surface area contributed by atoms with Gasteiger partial charge in [0.25, 0.3) is 5.91 Å². The number of hydrogen-bond donors (Lipinski definition) is 0. The highest BCUT2D eigenvalue weighted by molar-refractivity contribution is 5.94. The van der Waals surface area contributed by atoms with Crippen LogP contribution < -0.4 is 9.64 Å². The zero-order valence-electron chi connectivity index (χ0n) is 18.6. The zero-order valence-corrected chi connectivity index (χ0v) is 18.6. The van der Waals surface area contributed by atoms with Crippen molar-refractivity contribution in [2.24, 2.45) is 5.92 Å². The van der Waals surface area contributed by atoms with Gasteiger partial charge in [-0.15, -0.1) is 0 Å². The molecule has 0 spiro atoms. The first-order valence-corrected chi connectivity index (χ1v) is 10.6. The molecule has 32 heavy (non-hydrogen) atoms. The molecule has 0 aromatic heterocycles. The molecule has 8 heteroatoms. The summed E-state index contributed by atoms with van der Waals surface area (Å²) in [5, 5.41) is 0. The zero-order chi connectivity index (χ0) is 23.3. The summed E-state index contributed by atoms with van der Waals surface area (Å²) in [5.74, 6) is 0.958. The number of benzene rings is 2. The number of amides is 1. The van der Waals surface area contributed by atoms with Gasteiger partial charge in [0.05, 0.1) is 19.3 Å². The first-order chi connectivity index (χ1) is 15.2. The SMILES string of the molecule is COc1ccc(C(=O)N2CCN(c3cccc(C(F)(F)F)c3)CC2)cc1COCC(C)C. The number of nitrogens with zero attached hydrogens (tertiary/aromatic N) is 2. The molecule has 0 aliphatic carbocycles. The van der Waals surface area contributed by atoms with Crippen molar-refractivity contribution in [3.05, 3.63) is 59.2 Å². The van der Waals surface area contributed by atoms with E-state index in [2.05, 4.69) is 13.8 Å². The van der Waals surface area contributed by atoms with E-state index in [4.69, 9.17) is 9.47 Å². The van der Waals surface area contributed by atoms with Crippen molar-refractivity contribution in [2.75, 3.05) is 44.8 Å². The van der Waals surface area contributed by atoms with Gasteiger partial charge < -0.3 is 19.3 Å². The average molecular weight is 451 g/mol. The van der Waals surface area contributed by atoms with Crippen LogP contribution >= 0.6 is 0 Å². The predicted molar refractivity (Wildman–Crippen MR) is 117 cm³/mol. The maximum atomic E-state index is 13.0. The number of carbonyl (C=O) groups excluding carboxylic acids is 1. The van der Waals surface area contributed by atoms with E-state index in [0.29, 0.717) is 62.3 Å². The van der Waals surface area contributed by atoms with Gasteiger partial charge in [0.15, 0.2) is 0 Å². The van der Waals surface area contributed by atoms with Crippen molar-refractivity contribution < 1.29 is 27.4 Å². The van der Waals surface area contributed by atoms with Crippen LogP contribution in [0.1, 0.15) is 35.3 Å². The second-order valence-electron chi connectivity index (χ2n) is 8.26. The number of anilines is 1. The molecular formula is C24H29F3N2O3. The Morgan fingerprint density at radius 3 is 2.41 bits per heavy atom. The van der Waals surface area contributed by atoms with Crippen molar-refractivity contribution in [3.8, 4) is 5.75 Å². The first-order valence-electron chi connectivity index (χ1n) is 10.6. The van der Waals surface area contributed by atoms with E-state index in [1.54, 1.807) is 36.3 Å². The summed E-state index contributed by atoms with van der Waals surface area (Å²) in [4.78, 5) is 16.6. The number of halogens is 3. The Morgan fingerprint density at radius 2 is 1.78 bits per heavy atom. The fourth-order valence-electron chi connectivity index (χ4n) is 3.66. The molecule has 1 aliphatic heterocycles. The summed E-state index contributed by atoms with van der Waals surface area (Å²) in [6, 6.07) is 10.6. The molecule has 0 N–H and O–H groups in total. The van der Waals surface area contributed by atoms with Crippen LogP contribution in [0, 0.1) is 5.92 Å². The maximum Gasteiger partial charge on any atom is 0.416 e. The second-order valence-corrected chi connectivity index (χ2v) is 8.26. The van der Waals surface area contributed by atoms with Crippen molar-refractivity contribution >= 4 is 11.6 Å². The summed E-state index contributed by atoms with van der Waals surface area (Å²) >= 11 is 0. The third-order valence-electron chi connectivity index (χ3n) is 5.34. The summed E-state index contributed by atoms with van der Waals surface area (Å²) in [6.07, 6.45) is -4.38. The van der Waals surface area contributed by atoms with Gasteiger partial charge >= 0.3 is 6.18 Å². The van der Waals surface area contributed by atoms with E-state index in [9.17, 15) is 18.0 Å². The minimum Gasteiger partial charge on any atom is -0.496 e. The predicted octanol–water partition coefficient (Wildman–Crippen LogP) is 4.85. The highest BCUT2D eigenvalue weighted by atomic mass is 19.4. The monoisotopic (exact) mass is 450 g/mol. The molecule has 2 aromatic rings. The molecule has 174 valence electrons. The summed E-state index contributed by atoms with van der Waals surface area (Å²) in [7, 11) is 1.58. The van der Waals surface area contributed by atoms with E-state index in [-0.39, 0.29) is 5.91 Å². The van der Waals surface area contributed by atoms with Gasteiger partial charge in [-0.2, -0.15) is 13.2 Å². The Kier molecular flexibility index (Phi) is 7.66. The number of alkyl halides is 3. The molecule has 1 aliphatic rings. The van der Waals surface area contributed by atoms with E-state index < -0.39 is 11.7 Å². The van der Waals surface area contributed by atoms with E-state index >= 15 is 0 Å². The van der Waals surface area contributed by atoms with Gasteiger partial charge in [-0.05, 0) is 42.3 Å². The fourth-order valence-corrected chi connectivity index (χ4v) is 3.66. The van der Waals surface area contributed by atoms with Crippen LogP contribution in [-0.4, -0.2) is 50.7 Å². The molecule has 1 saturated heterocycles. The number of rotatable bonds is 7. The molecular weight excluding hydrogens is 421 g/mol. The van der Waals surface area contributed by atoms with Crippen molar-refractivity contribution in [1.82, 2.24) is 4.90 Å². The van der Waals surface area contributed by atoms with E-state index in [0.717, 1.165) is 17.7 Å². The minimum atomic E-state index is -4.38. The standard InChI is InChI=1S/C24H29F3N2O3/c1-17(2)15-32-16-19-13-18(7-8-22(19)31-3)23(30)29-11-9-28(10-12-29)21-6-4-5-20(14-21)24(25,26)27/h4-8,13-14,17H,9-12,15-16H2,1-3H3. The molecule has 0 saturated carbocycles. The number of ether oxygens (including phenoxy) is 2. The van der Waals surface area contributed by atoms with Crippen molar-refractivity contribution in [2.45, 2.75) is 26.6 Å². The van der Waals surface area contributed by atoms with E-state index in [1.165, 1.54) is 6.07 Å². The molecule has 1 fully saturated rings. The molecule has 0 bridgehead atoms. The van der Waals surface area contributed by atoms with E-state index in [1.807, 2.05) is 4.90 Å². The molecule has 1 heterocycles. The third-order valence-corrected chi connectivity index (χ3v) is 5.34. The van der Waals surface area contributed by atoms with Crippen molar-refractivity contribution in [1.29, 1.82) is 0 Å². The molecule has 0 radical (unpaired) electrons. The lowest BCUT2D eigenvalue weighted by atomic mass is 10.1. The van der Waals surface area contributed by atoms with Gasteiger partial charge in [0.2, 0.25) is 0 Å². The molecule has 3 rings (SSSR count). The van der Waals surface area contributed by atoms with Crippen LogP contribution in [0.25, 0.3) is 0 Å². The number of carbonyl (C=O) groups is 1. The highest BCUT2D eigenvalue weighted by Crippen LogP contribution is 2.32. The first kappa shape index (κ1) is 23.9. The largest absolute Gasteiger partial charge is 0.496 e. The molecule has 5 nitrogen and oxygen atoms in total. The molecule has 0 unspecified atom stereocenters. The van der Waals surface area contributed by atoms with Crippen LogP contribution in [-0.2, 0) is 17.5 Å². The average Bonchev–Trinajstić information content (AvgIpc) is 2.78. The van der Waals surface area contributed by atoms with Gasteiger partial charge in [-0.1, -0.05) is 19.9 Å².